The molecule has 0 heterocycles. The zero-order chi connectivity index (χ0) is 24.3. The topological polar surface area (TPSA) is 118 Å². The zero-order valence-electron chi connectivity index (χ0n) is 20.9. The molecule has 0 radical (unpaired) electrons. The van der Waals surface area contributed by atoms with Gasteiger partial charge in [-0.15, -0.1) is 0 Å². The van der Waals surface area contributed by atoms with E-state index in [1.54, 1.807) is 6.92 Å². The van der Waals surface area contributed by atoms with E-state index in [9.17, 15) is 30.3 Å². The predicted octanol–water partition coefficient (Wildman–Crippen LogP) is 3.45. The summed E-state index contributed by atoms with van der Waals surface area (Å²) in [7, 11) is 0. The van der Waals surface area contributed by atoms with Gasteiger partial charge in [0.05, 0.1) is 30.3 Å². The molecule has 0 amide bonds. The van der Waals surface area contributed by atoms with Crippen LogP contribution in [0.25, 0.3) is 0 Å². The zero-order valence-corrected chi connectivity index (χ0v) is 20.9. The third kappa shape index (κ3) is 4.07. The molecule has 0 saturated heterocycles. The summed E-state index contributed by atoms with van der Waals surface area (Å²) < 4.78 is 0. The maximum atomic E-state index is 11.6. The van der Waals surface area contributed by atoms with Crippen molar-refractivity contribution in [1.29, 1.82) is 0 Å². The molecule has 6 heteroatoms. The molecule has 0 aromatic rings. The van der Waals surface area contributed by atoms with Crippen LogP contribution in [-0.2, 0) is 4.79 Å². The van der Waals surface area contributed by atoms with Crippen LogP contribution in [-0.4, -0.2) is 55.9 Å². The van der Waals surface area contributed by atoms with Crippen LogP contribution in [0.1, 0.15) is 85.5 Å². The quantitative estimate of drug-likeness (QED) is 0.409. The van der Waals surface area contributed by atoms with Crippen molar-refractivity contribution >= 4 is 5.97 Å². The number of carboxylic acids is 1. The highest BCUT2D eigenvalue weighted by Crippen LogP contribution is 2.68. The maximum absolute atomic E-state index is 11.6. The van der Waals surface area contributed by atoms with E-state index in [1.807, 2.05) is 0 Å². The Morgan fingerprint density at radius 3 is 2.33 bits per heavy atom. The fraction of sp³-hybridized carbons (Fsp3) is 0.963. The molecule has 13 atom stereocenters. The van der Waals surface area contributed by atoms with E-state index >= 15 is 0 Å². The molecule has 33 heavy (non-hydrogen) atoms. The van der Waals surface area contributed by atoms with E-state index in [2.05, 4.69) is 20.8 Å². The molecule has 4 rings (SSSR count). The fourth-order valence-corrected chi connectivity index (χ4v) is 9.18. The van der Waals surface area contributed by atoms with Crippen molar-refractivity contribution < 1.29 is 30.3 Å². The van der Waals surface area contributed by atoms with Gasteiger partial charge in [-0.05, 0) is 111 Å². The number of aliphatic hydroxyl groups excluding tert-OH is 4. The Labute approximate surface area is 198 Å². The van der Waals surface area contributed by atoms with Crippen molar-refractivity contribution in [3.8, 4) is 0 Å². The van der Waals surface area contributed by atoms with Gasteiger partial charge in [-0.25, -0.2) is 0 Å². The van der Waals surface area contributed by atoms with Crippen molar-refractivity contribution in [2.24, 2.45) is 52.3 Å². The lowest BCUT2D eigenvalue weighted by atomic mass is 9.43. The highest BCUT2D eigenvalue weighted by Gasteiger charge is 2.65. The first-order valence-corrected chi connectivity index (χ1v) is 13.4. The molecule has 6 nitrogen and oxygen atoms in total. The van der Waals surface area contributed by atoms with E-state index < -0.39 is 24.1 Å². The summed E-state index contributed by atoms with van der Waals surface area (Å²) in [5.74, 6) is -0.0734. The Morgan fingerprint density at radius 2 is 1.67 bits per heavy atom. The van der Waals surface area contributed by atoms with Gasteiger partial charge in [0.25, 0.3) is 0 Å². The van der Waals surface area contributed by atoms with Crippen LogP contribution in [0.15, 0.2) is 0 Å². The van der Waals surface area contributed by atoms with Gasteiger partial charge in [0.15, 0.2) is 0 Å². The van der Waals surface area contributed by atoms with E-state index in [4.69, 9.17) is 0 Å². The van der Waals surface area contributed by atoms with Gasteiger partial charge in [0.2, 0.25) is 0 Å². The standard InChI is InChI=1S/C27H46O6/c1-14(5-8-21(29)15(2)25(32)33)18-6-7-19-24-20(13-23(31)27(18,19)4)26(3)10-9-17(28)11-16(26)12-22(24)30/h14-24,28-31H,5-13H2,1-4H3,(H,32,33)/t14-,15-,16-,17-,18-,19+,20+,21-,22-,23+,24+,26+,27-/m1/s1. The minimum atomic E-state index is -0.967. The van der Waals surface area contributed by atoms with Crippen LogP contribution in [0.2, 0.25) is 0 Å². The molecule has 190 valence electrons. The first kappa shape index (κ1) is 25.4. The number of rotatable bonds is 6. The van der Waals surface area contributed by atoms with Crippen LogP contribution in [0.5, 0.6) is 0 Å². The lowest BCUT2D eigenvalue weighted by molar-refractivity contribution is -0.207. The SMILES string of the molecule is C[C@H](CC[C@@H](O)[C@@H](C)C(=O)O)[C@H]1CC[C@H]2[C@@H]3[C@H](O)C[C@H]4C[C@H](O)CC[C@]4(C)[C@H]3C[C@H](O)[C@]12C. The molecule has 0 unspecified atom stereocenters. The third-order valence-corrected chi connectivity index (χ3v) is 11.4. The van der Waals surface area contributed by atoms with Gasteiger partial charge in [-0.1, -0.05) is 20.8 Å². The normalized spacial score (nSPS) is 49.9. The summed E-state index contributed by atoms with van der Waals surface area (Å²) in [6.07, 6.45) is 5.36. The van der Waals surface area contributed by atoms with Gasteiger partial charge in [-0.2, -0.15) is 0 Å². The number of aliphatic carboxylic acids is 1. The largest absolute Gasteiger partial charge is 0.481 e. The summed E-state index contributed by atoms with van der Waals surface area (Å²) in [5.41, 5.74) is -0.186. The Hall–Kier alpha value is -0.690. The maximum Gasteiger partial charge on any atom is 0.308 e. The van der Waals surface area contributed by atoms with Gasteiger partial charge >= 0.3 is 5.97 Å². The van der Waals surface area contributed by atoms with Gasteiger partial charge in [0, 0.05) is 0 Å². The Morgan fingerprint density at radius 1 is 0.970 bits per heavy atom. The summed E-state index contributed by atoms with van der Waals surface area (Å²) >= 11 is 0. The Bertz CT molecular complexity index is 727. The molecule has 0 aromatic carbocycles. The van der Waals surface area contributed by atoms with Crippen LogP contribution < -0.4 is 0 Å². The second kappa shape index (κ2) is 9.07. The van der Waals surface area contributed by atoms with Crippen LogP contribution >= 0.6 is 0 Å². The minimum absolute atomic E-state index is 0.0756. The number of hydrogen-bond donors (Lipinski definition) is 5. The van der Waals surface area contributed by atoms with Crippen LogP contribution in [0, 0.1) is 52.3 Å². The number of aliphatic hydroxyl groups is 4. The first-order chi connectivity index (χ1) is 15.4. The van der Waals surface area contributed by atoms with Gasteiger partial charge < -0.3 is 25.5 Å². The van der Waals surface area contributed by atoms with Crippen molar-refractivity contribution in [3.63, 3.8) is 0 Å². The molecule has 4 saturated carbocycles. The molecule has 0 aromatic heterocycles. The summed E-state index contributed by atoms with van der Waals surface area (Å²) in [6, 6.07) is 0. The molecule has 0 aliphatic heterocycles. The average Bonchev–Trinajstić information content (AvgIpc) is 3.11. The van der Waals surface area contributed by atoms with Gasteiger partial charge in [0.1, 0.15) is 0 Å². The molecule has 4 aliphatic rings. The second-order valence-electron chi connectivity index (χ2n) is 12.8. The van der Waals surface area contributed by atoms with E-state index in [1.165, 1.54) is 0 Å². The highest BCUT2D eigenvalue weighted by molar-refractivity contribution is 5.70. The third-order valence-electron chi connectivity index (χ3n) is 11.4. The second-order valence-corrected chi connectivity index (χ2v) is 12.8. The molecular formula is C27H46O6. The van der Waals surface area contributed by atoms with Crippen LogP contribution in [0.3, 0.4) is 0 Å². The number of hydrogen-bond acceptors (Lipinski definition) is 5. The smallest absolute Gasteiger partial charge is 0.308 e. The number of carbonyl (C=O) groups is 1. The van der Waals surface area contributed by atoms with Crippen molar-refractivity contribution in [1.82, 2.24) is 0 Å². The van der Waals surface area contributed by atoms with Gasteiger partial charge in [-0.3, -0.25) is 4.79 Å². The highest BCUT2D eigenvalue weighted by atomic mass is 16.4. The summed E-state index contributed by atoms with van der Waals surface area (Å²) in [6.45, 7) is 8.32. The Kier molecular flexibility index (Phi) is 6.98. The van der Waals surface area contributed by atoms with Crippen LogP contribution in [0.4, 0.5) is 0 Å². The summed E-state index contributed by atoms with van der Waals surface area (Å²) in [5, 5.41) is 52.7. The first-order valence-electron chi connectivity index (χ1n) is 13.4. The lowest BCUT2D eigenvalue weighted by Crippen LogP contribution is -2.62. The fourth-order valence-electron chi connectivity index (χ4n) is 9.18. The number of fused-ring (bicyclic) bond motifs is 5. The monoisotopic (exact) mass is 466 g/mol. The van der Waals surface area contributed by atoms with E-state index in [0.717, 1.165) is 51.4 Å². The Balaban J connectivity index is 1.52. The molecule has 0 spiro atoms. The molecule has 4 fully saturated rings. The summed E-state index contributed by atoms with van der Waals surface area (Å²) in [4.78, 5) is 11.2. The van der Waals surface area contributed by atoms with Crippen molar-refractivity contribution in [2.45, 2.75) is 110 Å². The average molecular weight is 467 g/mol. The molecule has 0 bridgehead atoms. The molecular weight excluding hydrogens is 420 g/mol. The van der Waals surface area contributed by atoms with E-state index in [-0.39, 0.29) is 40.8 Å². The van der Waals surface area contributed by atoms with Crippen molar-refractivity contribution in [3.05, 3.63) is 0 Å². The molecule has 4 aliphatic carbocycles. The molecule has 5 N–H and O–H groups in total. The number of carboxylic acid groups (broad SMARTS) is 1. The lowest BCUT2D eigenvalue weighted by Gasteiger charge is -2.63. The minimum Gasteiger partial charge on any atom is -0.481 e. The van der Waals surface area contributed by atoms with E-state index in [0.29, 0.717) is 24.2 Å². The van der Waals surface area contributed by atoms with Crippen molar-refractivity contribution in [2.75, 3.05) is 0 Å². The predicted molar refractivity (Wildman–Crippen MR) is 125 cm³/mol.